The third kappa shape index (κ3) is 9.00. The largest absolute Gasteiger partial charge is 0.435 e. The van der Waals surface area contributed by atoms with Gasteiger partial charge in [0, 0.05) is 39.1 Å². The molecule has 1 saturated heterocycles. The number of ether oxygens (including phenoxy) is 1. The van der Waals surface area contributed by atoms with Crippen LogP contribution in [0.3, 0.4) is 0 Å². The first kappa shape index (κ1) is 21.6. The molecule has 0 aliphatic carbocycles. The Balaban J connectivity index is 0.00000312. The van der Waals surface area contributed by atoms with Crippen molar-refractivity contribution >= 4 is 18.3 Å². The lowest BCUT2D eigenvalue weighted by molar-refractivity contribution is -0.121. The van der Waals surface area contributed by atoms with Gasteiger partial charge in [0.05, 0.1) is 0 Å². The number of nitrogens with one attached hydrogen (secondary N) is 2. The fourth-order valence-electron chi connectivity index (χ4n) is 2.65. The number of piperazine rings is 1. The molecule has 1 fully saturated rings. The van der Waals surface area contributed by atoms with Gasteiger partial charge < -0.3 is 20.3 Å². The van der Waals surface area contributed by atoms with Gasteiger partial charge in [-0.25, -0.2) is 0 Å². The second-order valence-corrected chi connectivity index (χ2v) is 5.82. The zero-order valence-corrected chi connectivity index (χ0v) is 15.0. The van der Waals surface area contributed by atoms with Crippen LogP contribution in [-0.2, 0) is 11.2 Å². The number of carbonyl (C=O) groups excluding carboxylic acids is 1. The minimum absolute atomic E-state index is 0. The Kier molecular flexibility index (Phi) is 10.4. The van der Waals surface area contributed by atoms with Gasteiger partial charge in [-0.3, -0.25) is 4.79 Å². The van der Waals surface area contributed by atoms with Crippen LogP contribution >= 0.6 is 12.4 Å². The summed E-state index contributed by atoms with van der Waals surface area (Å²) in [7, 11) is 0. The average molecular weight is 378 g/mol. The van der Waals surface area contributed by atoms with Crippen LogP contribution in [-0.4, -0.2) is 56.7 Å². The van der Waals surface area contributed by atoms with Crippen molar-refractivity contribution in [3.05, 3.63) is 29.8 Å². The Bertz CT molecular complexity index is 497. The van der Waals surface area contributed by atoms with Gasteiger partial charge in [0.2, 0.25) is 5.91 Å². The van der Waals surface area contributed by atoms with E-state index < -0.39 is 6.61 Å². The summed E-state index contributed by atoms with van der Waals surface area (Å²) in [4.78, 5) is 14.2. The van der Waals surface area contributed by atoms with E-state index in [9.17, 15) is 13.6 Å². The van der Waals surface area contributed by atoms with E-state index in [1.807, 2.05) is 0 Å². The molecule has 1 aliphatic rings. The van der Waals surface area contributed by atoms with E-state index in [0.29, 0.717) is 19.4 Å². The molecule has 2 N–H and O–H groups in total. The molecular formula is C17H26ClF2N3O2. The normalized spacial score (nSPS) is 14.8. The fourth-order valence-corrected chi connectivity index (χ4v) is 2.65. The molecule has 1 amide bonds. The summed E-state index contributed by atoms with van der Waals surface area (Å²) in [6.45, 7) is 3.08. The maximum Gasteiger partial charge on any atom is 0.387 e. The van der Waals surface area contributed by atoms with Gasteiger partial charge in [-0.1, -0.05) is 12.1 Å². The van der Waals surface area contributed by atoms with Crippen molar-refractivity contribution in [3.8, 4) is 5.75 Å². The number of hydrogen-bond acceptors (Lipinski definition) is 4. The first-order chi connectivity index (χ1) is 11.6. The highest BCUT2D eigenvalue weighted by Gasteiger charge is 2.09. The average Bonchev–Trinajstić information content (AvgIpc) is 2.58. The Morgan fingerprint density at radius 2 is 1.92 bits per heavy atom. The van der Waals surface area contributed by atoms with E-state index in [1.165, 1.54) is 12.1 Å². The predicted octanol–water partition coefficient (Wildman–Crippen LogP) is 2.05. The van der Waals surface area contributed by atoms with Crippen LogP contribution in [0.1, 0.15) is 18.4 Å². The second-order valence-electron chi connectivity index (χ2n) is 5.82. The van der Waals surface area contributed by atoms with Crippen molar-refractivity contribution in [1.29, 1.82) is 0 Å². The standard InChI is InChI=1S/C17H25F2N3O2.ClH/c18-17(19)24-15-5-2-14(3-6-15)4-7-16(23)21-8-1-11-22-12-9-20-10-13-22;/h2-3,5-6,17,20H,1,4,7-13H2,(H,21,23);1H. The van der Waals surface area contributed by atoms with E-state index in [1.54, 1.807) is 12.1 Å². The van der Waals surface area contributed by atoms with Crippen molar-refractivity contribution in [2.45, 2.75) is 25.9 Å². The number of aryl methyl sites for hydroxylation is 1. The molecule has 0 spiro atoms. The van der Waals surface area contributed by atoms with Crippen molar-refractivity contribution in [2.24, 2.45) is 0 Å². The first-order valence-corrected chi connectivity index (χ1v) is 8.37. The lowest BCUT2D eigenvalue weighted by Crippen LogP contribution is -2.44. The number of amides is 1. The minimum Gasteiger partial charge on any atom is -0.435 e. The topological polar surface area (TPSA) is 53.6 Å². The molecule has 0 radical (unpaired) electrons. The summed E-state index contributed by atoms with van der Waals surface area (Å²) in [6, 6.07) is 6.39. The molecule has 1 heterocycles. The molecule has 5 nitrogen and oxygen atoms in total. The van der Waals surface area contributed by atoms with Gasteiger partial charge >= 0.3 is 6.61 Å². The Morgan fingerprint density at radius 1 is 1.24 bits per heavy atom. The molecule has 8 heteroatoms. The highest BCUT2D eigenvalue weighted by atomic mass is 35.5. The maximum atomic E-state index is 12.1. The third-order valence-corrected chi connectivity index (χ3v) is 3.97. The highest BCUT2D eigenvalue weighted by Crippen LogP contribution is 2.15. The molecule has 1 aromatic rings. The Morgan fingerprint density at radius 3 is 2.56 bits per heavy atom. The van der Waals surface area contributed by atoms with Gasteiger partial charge in [-0.2, -0.15) is 8.78 Å². The Hall–Kier alpha value is -1.44. The molecule has 0 unspecified atom stereocenters. The maximum absolute atomic E-state index is 12.1. The van der Waals surface area contributed by atoms with E-state index in [-0.39, 0.29) is 24.1 Å². The summed E-state index contributed by atoms with van der Waals surface area (Å²) in [5.41, 5.74) is 0.924. The summed E-state index contributed by atoms with van der Waals surface area (Å²) < 4.78 is 28.4. The highest BCUT2D eigenvalue weighted by molar-refractivity contribution is 5.85. The number of hydrogen-bond donors (Lipinski definition) is 2. The van der Waals surface area contributed by atoms with E-state index in [2.05, 4.69) is 20.3 Å². The zero-order valence-electron chi connectivity index (χ0n) is 14.2. The number of alkyl halides is 2. The van der Waals surface area contributed by atoms with Gasteiger partial charge in [0.25, 0.3) is 0 Å². The van der Waals surface area contributed by atoms with Gasteiger partial charge in [-0.15, -0.1) is 12.4 Å². The first-order valence-electron chi connectivity index (χ1n) is 8.37. The monoisotopic (exact) mass is 377 g/mol. The van der Waals surface area contributed by atoms with E-state index in [4.69, 9.17) is 0 Å². The predicted molar refractivity (Wildman–Crippen MR) is 95.6 cm³/mol. The van der Waals surface area contributed by atoms with E-state index >= 15 is 0 Å². The molecule has 1 aliphatic heterocycles. The summed E-state index contributed by atoms with van der Waals surface area (Å²) >= 11 is 0. The van der Waals surface area contributed by atoms with Gasteiger partial charge in [0.1, 0.15) is 5.75 Å². The number of carbonyl (C=O) groups is 1. The molecule has 2 rings (SSSR count). The van der Waals surface area contributed by atoms with Crippen molar-refractivity contribution in [2.75, 3.05) is 39.3 Å². The summed E-state index contributed by atoms with van der Waals surface area (Å²) in [6.07, 6.45) is 1.92. The number of halogens is 3. The van der Waals surface area contributed by atoms with Crippen LogP contribution in [0, 0.1) is 0 Å². The SMILES string of the molecule is Cl.O=C(CCc1ccc(OC(F)F)cc1)NCCCN1CCNCC1. The van der Waals surface area contributed by atoms with Crippen LogP contribution in [0.2, 0.25) is 0 Å². The quantitative estimate of drug-likeness (QED) is 0.647. The number of benzene rings is 1. The van der Waals surface area contributed by atoms with Crippen LogP contribution in [0.4, 0.5) is 8.78 Å². The molecule has 1 aromatic carbocycles. The number of nitrogens with zero attached hydrogens (tertiary/aromatic N) is 1. The minimum atomic E-state index is -2.82. The van der Waals surface area contributed by atoms with Crippen molar-refractivity contribution in [1.82, 2.24) is 15.5 Å². The zero-order chi connectivity index (χ0) is 17.2. The van der Waals surface area contributed by atoms with Gasteiger partial charge in [-0.05, 0) is 37.1 Å². The molecule has 0 bridgehead atoms. The van der Waals surface area contributed by atoms with E-state index in [0.717, 1.165) is 44.7 Å². The smallest absolute Gasteiger partial charge is 0.387 e. The molecule has 0 atom stereocenters. The molecule has 142 valence electrons. The molecule has 25 heavy (non-hydrogen) atoms. The van der Waals surface area contributed by atoms with Crippen molar-refractivity contribution < 1.29 is 18.3 Å². The fraction of sp³-hybridized carbons (Fsp3) is 0.588. The van der Waals surface area contributed by atoms with Crippen LogP contribution in [0.5, 0.6) is 5.75 Å². The van der Waals surface area contributed by atoms with Crippen LogP contribution in [0.15, 0.2) is 24.3 Å². The molecule has 0 aromatic heterocycles. The lowest BCUT2D eigenvalue weighted by atomic mass is 10.1. The lowest BCUT2D eigenvalue weighted by Gasteiger charge is -2.27. The van der Waals surface area contributed by atoms with Crippen molar-refractivity contribution in [3.63, 3.8) is 0 Å². The molecular weight excluding hydrogens is 352 g/mol. The molecule has 0 saturated carbocycles. The summed E-state index contributed by atoms with van der Waals surface area (Å²) in [5.74, 6) is 0.148. The van der Waals surface area contributed by atoms with Gasteiger partial charge in [0.15, 0.2) is 0 Å². The van der Waals surface area contributed by atoms with Crippen LogP contribution in [0.25, 0.3) is 0 Å². The number of rotatable bonds is 9. The summed E-state index contributed by atoms with van der Waals surface area (Å²) in [5, 5.41) is 6.24. The Labute approximate surface area is 153 Å². The van der Waals surface area contributed by atoms with Crippen LogP contribution < -0.4 is 15.4 Å². The second kappa shape index (κ2) is 12.0. The third-order valence-electron chi connectivity index (χ3n) is 3.97.